The average Bonchev–Trinajstić information content (AvgIpc) is 2.89. The van der Waals surface area contributed by atoms with Crippen molar-refractivity contribution < 1.29 is 4.74 Å². The maximum Gasteiger partial charge on any atom is 0.0477 e. The standard InChI is InChI=1S/C15H31N3O/c1-3-19-11-5-7-16-12-14(2)18-10-9-17-8-4-6-15(17)13-18/h14-16H,3-13H2,1-2H3. The lowest BCUT2D eigenvalue weighted by Crippen LogP contribution is -2.54. The lowest BCUT2D eigenvalue weighted by molar-refractivity contribution is 0.0765. The van der Waals surface area contributed by atoms with Gasteiger partial charge in [0.15, 0.2) is 0 Å². The average molecular weight is 269 g/mol. The van der Waals surface area contributed by atoms with Gasteiger partial charge in [-0.15, -0.1) is 0 Å². The molecule has 4 heteroatoms. The van der Waals surface area contributed by atoms with Crippen LogP contribution in [-0.2, 0) is 4.74 Å². The first kappa shape index (κ1) is 15.2. The molecule has 0 aromatic heterocycles. The Morgan fingerprint density at radius 1 is 1.32 bits per heavy atom. The highest BCUT2D eigenvalue weighted by Gasteiger charge is 2.31. The Kier molecular flexibility index (Phi) is 6.57. The Morgan fingerprint density at radius 2 is 2.21 bits per heavy atom. The van der Waals surface area contributed by atoms with E-state index in [0.29, 0.717) is 6.04 Å². The largest absolute Gasteiger partial charge is 0.382 e. The number of nitrogens with one attached hydrogen (secondary N) is 1. The molecule has 1 N–H and O–H groups in total. The van der Waals surface area contributed by atoms with Crippen LogP contribution in [0.1, 0.15) is 33.1 Å². The van der Waals surface area contributed by atoms with E-state index in [2.05, 4.69) is 29.0 Å². The molecule has 2 aliphatic heterocycles. The summed E-state index contributed by atoms with van der Waals surface area (Å²) in [6.45, 7) is 13.5. The summed E-state index contributed by atoms with van der Waals surface area (Å²) in [6, 6.07) is 1.50. The minimum Gasteiger partial charge on any atom is -0.382 e. The molecular formula is C15H31N3O. The van der Waals surface area contributed by atoms with E-state index in [1.807, 2.05) is 0 Å². The maximum atomic E-state index is 5.35. The summed E-state index contributed by atoms with van der Waals surface area (Å²) in [5.74, 6) is 0. The minimum absolute atomic E-state index is 0.662. The summed E-state index contributed by atoms with van der Waals surface area (Å²) >= 11 is 0. The van der Waals surface area contributed by atoms with Crippen molar-refractivity contribution in [3.8, 4) is 0 Å². The van der Waals surface area contributed by atoms with E-state index >= 15 is 0 Å². The lowest BCUT2D eigenvalue weighted by atomic mass is 10.1. The zero-order valence-corrected chi connectivity index (χ0v) is 12.7. The van der Waals surface area contributed by atoms with Gasteiger partial charge in [-0.1, -0.05) is 0 Å². The van der Waals surface area contributed by atoms with Crippen LogP contribution >= 0.6 is 0 Å². The highest BCUT2D eigenvalue weighted by Crippen LogP contribution is 2.22. The third-order valence-corrected chi connectivity index (χ3v) is 4.53. The highest BCUT2D eigenvalue weighted by atomic mass is 16.5. The first-order valence-electron chi connectivity index (χ1n) is 8.07. The monoisotopic (exact) mass is 269 g/mol. The van der Waals surface area contributed by atoms with Gasteiger partial charge in [-0.05, 0) is 46.2 Å². The number of hydrogen-bond acceptors (Lipinski definition) is 4. The SMILES string of the molecule is CCOCCCNCC(C)N1CCN2CCCC2C1. The second-order valence-electron chi connectivity index (χ2n) is 5.93. The maximum absolute atomic E-state index is 5.35. The van der Waals surface area contributed by atoms with Gasteiger partial charge in [0, 0.05) is 51.5 Å². The van der Waals surface area contributed by atoms with E-state index in [1.54, 1.807) is 0 Å². The van der Waals surface area contributed by atoms with Gasteiger partial charge >= 0.3 is 0 Å². The number of nitrogens with zero attached hydrogens (tertiary/aromatic N) is 2. The molecule has 112 valence electrons. The van der Waals surface area contributed by atoms with Crippen LogP contribution in [0.25, 0.3) is 0 Å². The molecule has 0 aliphatic carbocycles. The molecule has 0 amide bonds. The lowest BCUT2D eigenvalue weighted by Gasteiger charge is -2.40. The molecule has 2 saturated heterocycles. The number of rotatable bonds is 8. The fourth-order valence-corrected chi connectivity index (χ4v) is 3.30. The van der Waals surface area contributed by atoms with Gasteiger partial charge in [0.1, 0.15) is 0 Å². The molecule has 0 aromatic rings. The molecule has 2 rings (SSSR count). The van der Waals surface area contributed by atoms with E-state index < -0.39 is 0 Å². The van der Waals surface area contributed by atoms with Gasteiger partial charge in [-0.3, -0.25) is 9.80 Å². The second-order valence-corrected chi connectivity index (χ2v) is 5.93. The van der Waals surface area contributed by atoms with E-state index in [4.69, 9.17) is 4.74 Å². The van der Waals surface area contributed by atoms with Crippen LogP contribution in [0.3, 0.4) is 0 Å². The second kappa shape index (κ2) is 8.20. The molecule has 2 unspecified atom stereocenters. The van der Waals surface area contributed by atoms with Crippen molar-refractivity contribution in [1.82, 2.24) is 15.1 Å². The van der Waals surface area contributed by atoms with Gasteiger partial charge in [0.2, 0.25) is 0 Å². The topological polar surface area (TPSA) is 27.7 Å². The Labute approximate surface area is 118 Å². The fourth-order valence-electron chi connectivity index (χ4n) is 3.30. The predicted molar refractivity (Wildman–Crippen MR) is 79.6 cm³/mol. The van der Waals surface area contributed by atoms with Crippen molar-refractivity contribution in [2.75, 3.05) is 52.5 Å². The molecular weight excluding hydrogens is 238 g/mol. The third-order valence-electron chi connectivity index (χ3n) is 4.53. The van der Waals surface area contributed by atoms with E-state index in [0.717, 1.165) is 38.8 Å². The molecule has 0 spiro atoms. The summed E-state index contributed by atoms with van der Waals surface area (Å²) in [6.07, 6.45) is 3.94. The van der Waals surface area contributed by atoms with Crippen molar-refractivity contribution in [1.29, 1.82) is 0 Å². The summed E-state index contributed by atoms with van der Waals surface area (Å²) < 4.78 is 5.35. The van der Waals surface area contributed by atoms with Crippen molar-refractivity contribution in [3.63, 3.8) is 0 Å². The van der Waals surface area contributed by atoms with Crippen LogP contribution in [0.15, 0.2) is 0 Å². The first-order chi connectivity index (χ1) is 9.31. The van der Waals surface area contributed by atoms with E-state index in [-0.39, 0.29) is 0 Å². The molecule has 2 atom stereocenters. The van der Waals surface area contributed by atoms with Crippen LogP contribution in [0.2, 0.25) is 0 Å². The predicted octanol–water partition coefficient (Wildman–Crippen LogP) is 1.17. The van der Waals surface area contributed by atoms with Gasteiger partial charge in [-0.2, -0.15) is 0 Å². The summed E-state index contributed by atoms with van der Waals surface area (Å²) in [4.78, 5) is 5.35. The number of fused-ring (bicyclic) bond motifs is 1. The third kappa shape index (κ3) is 4.71. The van der Waals surface area contributed by atoms with Crippen molar-refractivity contribution >= 4 is 0 Å². The quantitative estimate of drug-likeness (QED) is 0.670. The van der Waals surface area contributed by atoms with Crippen LogP contribution in [0.5, 0.6) is 0 Å². The molecule has 19 heavy (non-hydrogen) atoms. The highest BCUT2D eigenvalue weighted by molar-refractivity contribution is 4.88. The van der Waals surface area contributed by atoms with Crippen molar-refractivity contribution in [2.45, 2.75) is 45.2 Å². The minimum atomic E-state index is 0.662. The van der Waals surface area contributed by atoms with Gasteiger partial charge in [-0.25, -0.2) is 0 Å². The van der Waals surface area contributed by atoms with E-state index in [9.17, 15) is 0 Å². The van der Waals surface area contributed by atoms with Crippen LogP contribution < -0.4 is 5.32 Å². The zero-order chi connectivity index (χ0) is 13.5. The number of piperazine rings is 1. The molecule has 2 fully saturated rings. The van der Waals surface area contributed by atoms with Crippen LogP contribution in [0, 0.1) is 0 Å². The Morgan fingerprint density at radius 3 is 3.05 bits per heavy atom. The molecule has 4 nitrogen and oxygen atoms in total. The normalized spacial score (nSPS) is 26.5. The first-order valence-corrected chi connectivity index (χ1v) is 8.07. The number of hydrogen-bond donors (Lipinski definition) is 1. The van der Waals surface area contributed by atoms with E-state index in [1.165, 1.54) is 39.0 Å². The van der Waals surface area contributed by atoms with Crippen molar-refractivity contribution in [3.05, 3.63) is 0 Å². The Balaban J connectivity index is 1.57. The smallest absolute Gasteiger partial charge is 0.0477 e. The van der Waals surface area contributed by atoms with Crippen molar-refractivity contribution in [2.24, 2.45) is 0 Å². The van der Waals surface area contributed by atoms with Gasteiger partial charge in [0.05, 0.1) is 0 Å². The number of ether oxygens (including phenoxy) is 1. The van der Waals surface area contributed by atoms with Crippen LogP contribution in [0.4, 0.5) is 0 Å². The Hall–Kier alpha value is -0.160. The van der Waals surface area contributed by atoms with Gasteiger partial charge < -0.3 is 10.1 Å². The molecule has 2 heterocycles. The van der Waals surface area contributed by atoms with Crippen LogP contribution in [-0.4, -0.2) is 74.4 Å². The zero-order valence-electron chi connectivity index (χ0n) is 12.7. The fraction of sp³-hybridized carbons (Fsp3) is 1.00. The molecule has 0 bridgehead atoms. The molecule has 0 radical (unpaired) electrons. The summed E-state index contributed by atoms with van der Waals surface area (Å²) in [5.41, 5.74) is 0. The Bertz CT molecular complexity index is 250. The summed E-state index contributed by atoms with van der Waals surface area (Å²) in [7, 11) is 0. The molecule has 2 aliphatic rings. The molecule has 0 saturated carbocycles. The molecule has 0 aromatic carbocycles. The van der Waals surface area contributed by atoms with Gasteiger partial charge in [0.25, 0.3) is 0 Å². The summed E-state index contributed by atoms with van der Waals surface area (Å²) in [5, 5.41) is 3.57.